The summed E-state index contributed by atoms with van der Waals surface area (Å²) in [6, 6.07) is 7.38. The molecule has 1 unspecified atom stereocenters. The van der Waals surface area contributed by atoms with Gasteiger partial charge < -0.3 is 9.15 Å². The molecular weight excluding hydrogens is 256 g/mol. The summed E-state index contributed by atoms with van der Waals surface area (Å²) in [4.78, 5) is 8.46. The summed E-state index contributed by atoms with van der Waals surface area (Å²) in [7, 11) is 1.55. The van der Waals surface area contributed by atoms with E-state index in [9.17, 15) is 0 Å². The number of nitrogens with two attached hydrogens (primary N) is 1. The van der Waals surface area contributed by atoms with Crippen molar-refractivity contribution in [3.8, 4) is 5.88 Å². The summed E-state index contributed by atoms with van der Waals surface area (Å²) in [6.45, 7) is 0. The predicted octanol–water partition coefficient (Wildman–Crippen LogP) is 1.78. The van der Waals surface area contributed by atoms with Gasteiger partial charge in [-0.05, 0) is 6.07 Å². The average molecular weight is 270 g/mol. The molecule has 0 saturated heterocycles. The molecule has 3 aromatic rings. The van der Waals surface area contributed by atoms with Crippen LogP contribution >= 0.6 is 0 Å². The number of methoxy groups -OCH3 is 1. The first kappa shape index (κ1) is 12.6. The minimum absolute atomic E-state index is 0.359. The molecule has 3 N–H and O–H groups in total. The van der Waals surface area contributed by atoms with Crippen molar-refractivity contribution in [2.45, 2.75) is 6.04 Å². The second-order valence-corrected chi connectivity index (χ2v) is 4.24. The quantitative estimate of drug-likeness (QED) is 0.555. The van der Waals surface area contributed by atoms with E-state index in [1.165, 1.54) is 0 Å². The lowest BCUT2D eigenvalue weighted by Gasteiger charge is -2.16. The molecule has 0 saturated carbocycles. The van der Waals surface area contributed by atoms with Crippen LogP contribution in [-0.2, 0) is 0 Å². The highest BCUT2D eigenvalue weighted by molar-refractivity contribution is 5.81. The number of fused-ring (bicyclic) bond motifs is 1. The van der Waals surface area contributed by atoms with Gasteiger partial charge in [-0.1, -0.05) is 18.2 Å². The number of aromatic nitrogens is 2. The van der Waals surface area contributed by atoms with Crippen LogP contribution in [0.1, 0.15) is 17.3 Å². The number of benzene rings is 1. The van der Waals surface area contributed by atoms with Crippen molar-refractivity contribution in [1.82, 2.24) is 15.4 Å². The molecule has 0 amide bonds. The Labute approximate surface area is 115 Å². The molecule has 1 aromatic carbocycles. The Hall–Kier alpha value is -2.44. The Morgan fingerprint density at radius 1 is 1.25 bits per heavy atom. The standard InChI is InChI=1S/C14H14N4O2/c1-19-14-13(16-6-7-17-14)12(18-15)10-8-20-11-5-3-2-4-9(10)11/h2-8,12,18H,15H2,1H3. The van der Waals surface area contributed by atoms with E-state index in [0.717, 1.165) is 16.5 Å². The smallest absolute Gasteiger partial charge is 0.237 e. The van der Waals surface area contributed by atoms with Crippen molar-refractivity contribution >= 4 is 11.0 Å². The van der Waals surface area contributed by atoms with Gasteiger partial charge in [0.15, 0.2) is 0 Å². The van der Waals surface area contributed by atoms with Crippen molar-refractivity contribution in [2.75, 3.05) is 7.11 Å². The van der Waals surface area contributed by atoms with E-state index < -0.39 is 0 Å². The largest absolute Gasteiger partial charge is 0.480 e. The molecule has 2 aromatic heterocycles. The Kier molecular flexibility index (Phi) is 3.32. The zero-order valence-corrected chi connectivity index (χ0v) is 10.9. The van der Waals surface area contributed by atoms with Gasteiger partial charge in [0.05, 0.1) is 19.4 Å². The predicted molar refractivity (Wildman–Crippen MR) is 74.0 cm³/mol. The average Bonchev–Trinajstić information content (AvgIpc) is 2.93. The second-order valence-electron chi connectivity index (χ2n) is 4.24. The number of para-hydroxylation sites is 1. The van der Waals surface area contributed by atoms with Crippen LogP contribution in [0.25, 0.3) is 11.0 Å². The first-order chi connectivity index (χ1) is 9.85. The maximum atomic E-state index is 5.70. The van der Waals surface area contributed by atoms with E-state index in [2.05, 4.69) is 15.4 Å². The third-order valence-corrected chi connectivity index (χ3v) is 3.15. The van der Waals surface area contributed by atoms with Crippen LogP contribution in [0, 0.1) is 0 Å². The normalized spacial score (nSPS) is 12.5. The summed E-state index contributed by atoms with van der Waals surface area (Å²) in [5.41, 5.74) is 5.05. The second kappa shape index (κ2) is 5.28. The van der Waals surface area contributed by atoms with Gasteiger partial charge in [-0.25, -0.2) is 10.4 Å². The lowest BCUT2D eigenvalue weighted by Crippen LogP contribution is -2.29. The lowest BCUT2D eigenvalue weighted by molar-refractivity contribution is 0.383. The zero-order valence-electron chi connectivity index (χ0n) is 10.9. The van der Waals surface area contributed by atoms with Crippen LogP contribution in [-0.4, -0.2) is 17.1 Å². The third-order valence-electron chi connectivity index (χ3n) is 3.15. The van der Waals surface area contributed by atoms with E-state index in [-0.39, 0.29) is 6.04 Å². The number of furan rings is 1. The van der Waals surface area contributed by atoms with Crippen LogP contribution in [0.15, 0.2) is 47.3 Å². The van der Waals surface area contributed by atoms with Crippen molar-refractivity contribution in [3.63, 3.8) is 0 Å². The molecule has 0 radical (unpaired) electrons. The number of nitrogens with zero attached hydrogens (tertiary/aromatic N) is 2. The SMILES string of the molecule is COc1nccnc1C(NN)c1coc2ccccc12. The maximum absolute atomic E-state index is 5.70. The van der Waals surface area contributed by atoms with Gasteiger partial charge in [0.25, 0.3) is 0 Å². The Morgan fingerprint density at radius 2 is 2.05 bits per heavy atom. The van der Waals surface area contributed by atoms with Crippen LogP contribution < -0.4 is 16.0 Å². The highest BCUT2D eigenvalue weighted by Gasteiger charge is 2.23. The fraction of sp³-hybridized carbons (Fsp3) is 0.143. The minimum atomic E-state index is -0.359. The monoisotopic (exact) mass is 270 g/mol. The fourth-order valence-electron chi connectivity index (χ4n) is 2.23. The molecule has 6 nitrogen and oxygen atoms in total. The third kappa shape index (κ3) is 2.01. The highest BCUT2D eigenvalue weighted by Crippen LogP contribution is 2.32. The first-order valence-electron chi connectivity index (χ1n) is 6.12. The number of hydrogen-bond donors (Lipinski definition) is 2. The zero-order chi connectivity index (χ0) is 13.9. The van der Waals surface area contributed by atoms with Gasteiger partial charge in [0, 0.05) is 23.3 Å². The number of hydrazine groups is 1. The summed E-state index contributed by atoms with van der Waals surface area (Å²) in [5.74, 6) is 6.13. The van der Waals surface area contributed by atoms with E-state index in [1.54, 1.807) is 25.8 Å². The molecule has 102 valence electrons. The molecule has 0 aliphatic heterocycles. The summed E-state index contributed by atoms with van der Waals surface area (Å²) in [6.07, 6.45) is 4.84. The summed E-state index contributed by atoms with van der Waals surface area (Å²) < 4.78 is 10.8. The van der Waals surface area contributed by atoms with Crippen molar-refractivity contribution in [3.05, 3.63) is 54.2 Å². The minimum Gasteiger partial charge on any atom is -0.480 e. The van der Waals surface area contributed by atoms with Gasteiger partial charge in [0.1, 0.15) is 11.3 Å². The van der Waals surface area contributed by atoms with E-state index in [0.29, 0.717) is 11.6 Å². The molecular formula is C14H14N4O2. The van der Waals surface area contributed by atoms with Gasteiger partial charge in [0.2, 0.25) is 5.88 Å². The summed E-state index contributed by atoms with van der Waals surface area (Å²) in [5, 5.41) is 0.975. The molecule has 6 heteroatoms. The molecule has 0 aliphatic carbocycles. The molecule has 0 aliphatic rings. The van der Waals surface area contributed by atoms with E-state index in [4.69, 9.17) is 15.0 Å². The van der Waals surface area contributed by atoms with Crippen LogP contribution in [0.3, 0.4) is 0 Å². The molecule has 0 fully saturated rings. The van der Waals surface area contributed by atoms with Crippen LogP contribution in [0.2, 0.25) is 0 Å². The van der Waals surface area contributed by atoms with Gasteiger partial charge in [-0.2, -0.15) is 0 Å². The van der Waals surface area contributed by atoms with Crippen LogP contribution in [0.5, 0.6) is 5.88 Å². The van der Waals surface area contributed by atoms with Crippen molar-refractivity contribution in [2.24, 2.45) is 5.84 Å². The Balaban J connectivity index is 2.14. The number of rotatable bonds is 4. The molecule has 0 bridgehead atoms. The van der Waals surface area contributed by atoms with E-state index >= 15 is 0 Å². The van der Waals surface area contributed by atoms with E-state index in [1.807, 2.05) is 24.3 Å². The molecule has 0 spiro atoms. The molecule has 20 heavy (non-hydrogen) atoms. The highest BCUT2D eigenvalue weighted by atomic mass is 16.5. The Morgan fingerprint density at radius 3 is 2.85 bits per heavy atom. The van der Waals surface area contributed by atoms with Crippen LogP contribution in [0.4, 0.5) is 0 Å². The lowest BCUT2D eigenvalue weighted by atomic mass is 10.0. The maximum Gasteiger partial charge on any atom is 0.237 e. The van der Waals surface area contributed by atoms with Gasteiger partial charge >= 0.3 is 0 Å². The number of nitrogens with one attached hydrogen (secondary N) is 1. The first-order valence-corrected chi connectivity index (χ1v) is 6.12. The fourth-order valence-corrected chi connectivity index (χ4v) is 2.23. The van der Waals surface area contributed by atoms with Crippen molar-refractivity contribution in [1.29, 1.82) is 0 Å². The van der Waals surface area contributed by atoms with Gasteiger partial charge in [-0.3, -0.25) is 10.8 Å². The summed E-state index contributed by atoms with van der Waals surface area (Å²) >= 11 is 0. The van der Waals surface area contributed by atoms with Crippen molar-refractivity contribution < 1.29 is 9.15 Å². The van der Waals surface area contributed by atoms with Gasteiger partial charge in [-0.15, -0.1) is 0 Å². The topological polar surface area (TPSA) is 86.2 Å². The molecule has 2 heterocycles. The number of hydrogen-bond acceptors (Lipinski definition) is 6. The Bertz CT molecular complexity index is 726. The molecule has 3 rings (SSSR count). The number of ether oxygens (including phenoxy) is 1. The molecule has 1 atom stereocenters.